The minimum Gasteiger partial charge on any atom is -0.379 e. The molecular formula is C17H20F2N3O3S+. The second-order valence-electron chi connectivity index (χ2n) is 5.99. The third-order valence-electron chi connectivity index (χ3n) is 4.21. The lowest BCUT2D eigenvalue weighted by Gasteiger charge is -2.25. The van der Waals surface area contributed by atoms with E-state index in [1.807, 2.05) is 0 Å². The number of H-pyrrole nitrogens is 1. The lowest BCUT2D eigenvalue weighted by molar-refractivity contribution is -0.364. The van der Waals surface area contributed by atoms with Crippen LogP contribution < -0.4 is 10.3 Å². The maximum atomic E-state index is 13.3. The highest BCUT2D eigenvalue weighted by Crippen LogP contribution is 2.20. The Balaban J connectivity index is 1.71. The number of halogens is 2. The molecule has 0 spiro atoms. The Morgan fingerprint density at radius 1 is 1.15 bits per heavy atom. The summed E-state index contributed by atoms with van der Waals surface area (Å²) in [6.07, 6.45) is 1.41. The van der Waals surface area contributed by atoms with Crippen LogP contribution in [0.1, 0.15) is 18.5 Å². The zero-order chi connectivity index (χ0) is 18.7. The summed E-state index contributed by atoms with van der Waals surface area (Å²) in [5, 5.41) is 3.09. The molecule has 1 aromatic heterocycles. The standard InChI is InChI=1S/C17H19F2N3O3S/c1-12(13-2-4-15(18)16(19)10-13)21-17-5-3-14(11-20-17)26(23,24)22-6-8-25-9-7-22/h2-5,10-12H,6-9H2,1H3,(H,20,21)/p+1/t12-/m1/s1. The first-order chi connectivity index (χ1) is 12.4. The number of morpholine rings is 1. The Labute approximate surface area is 150 Å². The number of sulfonamides is 1. The van der Waals surface area contributed by atoms with E-state index in [-0.39, 0.29) is 10.9 Å². The maximum Gasteiger partial charge on any atom is 0.272 e. The van der Waals surface area contributed by atoms with Gasteiger partial charge in [-0.3, -0.25) is 5.32 Å². The highest BCUT2D eigenvalue weighted by Gasteiger charge is 2.27. The number of nitrogens with one attached hydrogen (secondary N) is 2. The molecule has 2 aromatic rings. The molecule has 1 aliphatic heterocycles. The van der Waals surface area contributed by atoms with Gasteiger partial charge >= 0.3 is 0 Å². The molecule has 0 bridgehead atoms. The lowest BCUT2D eigenvalue weighted by Crippen LogP contribution is -2.40. The summed E-state index contributed by atoms with van der Waals surface area (Å²) >= 11 is 0. The summed E-state index contributed by atoms with van der Waals surface area (Å²) < 4.78 is 58.1. The summed E-state index contributed by atoms with van der Waals surface area (Å²) in [5.74, 6) is -1.25. The van der Waals surface area contributed by atoms with Crippen molar-refractivity contribution >= 4 is 15.8 Å². The van der Waals surface area contributed by atoms with Crippen LogP contribution in [0.4, 0.5) is 14.6 Å². The maximum absolute atomic E-state index is 13.3. The molecule has 9 heteroatoms. The van der Waals surface area contributed by atoms with Gasteiger partial charge in [0.05, 0.1) is 13.2 Å². The van der Waals surface area contributed by atoms with Crippen molar-refractivity contribution in [2.24, 2.45) is 0 Å². The van der Waals surface area contributed by atoms with E-state index in [9.17, 15) is 17.2 Å². The van der Waals surface area contributed by atoms with Gasteiger partial charge in [-0.05, 0) is 30.7 Å². The average molecular weight is 384 g/mol. The van der Waals surface area contributed by atoms with Gasteiger partial charge in [0.15, 0.2) is 11.6 Å². The van der Waals surface area contributed by atoms with Gasteiger partial charge < -0.3 is 4.74 Å². The Morgan fingerprint density at radius 2 is 1.88 bits per heavy atom. The number of benzene rings is 1. The second-order valence-corrected chi connectivity index (χ2v) is 7.93. The van der Waals surface area contributed by atoms with Crippen molar-refractivity contribution in [2.45, 2.75) is 17.9 Å². The van der Waals surface area contributed by atoms with Gasteiger partial charge in [-0.1, -0.05) is 6.07 Å². The molecule has 2 N–H and O–H groups in total. The first-order valence-corrected chi connectivity index (χ1v) is 9.63. The number of nitrogens with zero attached hydrogens (tertiary/aromatic N) is 1. The first kappa shape index (κ1) is 18.7. The van der Waals surface area contributed by atoms with Crippen molar-refractivity contribution in [3.63, 3.8) is 0 Å². The lowest BCUT2D eigenvalue weighted by atomic mass is 10.1. The minimum absolute atomic E-state index is 0.158. The van der Waals surface area contributed by atoms with Gasteiger partial charge in [-0.25, -0.2) is 22.2 Å². The fourth-order valence-electron chi connectivity index (χ4n) is 2.70. The van der Waals surface area contributed by atoms with E-state index in [1.54, 1.807) is 13.0 Å². The van der Waals surface area contributed by atoms with Crippen LogP contribution in [0.3, 0.4) is 0 Å². The van der Waals surface area contributed by atoms with Gasteiger partial charge in [-0.15, -0.1) is 0 Å². The molecule has 2 heterocycles. The van der Waals surface area contributed by atoms with Crippen LogP contribution in [-0.4, -0.2) is 39.0 Å². The van der Waals surface area contributed by atoms with Gasteiger partial charge in [0.25, 0.3) is 5.82 Å². The fraction of sp³-hybridized carbons (Fsp3) is 0.353. The number of pyridine rings is 1. The van der Waals surface area contributed by atoms with Gasteiger partial charge in [0.1, 0.15) is 17.1 Å². The Kier molecular flexibility index (Phi) is 5.49. The molecule has 1 fully saturated rings. The number of aromatic nitrogens is 1. The van der Waals surface area contributed by atoms with Crippen molar-refractivity contribution in [3.8, 4) is 0 Å². The predicted octanol–water partition coefficient (Wildman–Crippen LogP) is 1.97. The van der Waals surface area contributed by atoms with Crippen LogP contribution in [0.25, 0.3) is 0 Å². The zero-order valence-corrected chi connectivity index (χ0v) is 15.0. The third-order valence-corrected chi connectivity index (χ3v) is 6.10. The number of hydrogen-bond donors (Lipinski definition) is 1. The van der Waals surface area contributed by atoms with E-state index in [0.29, 0.717) is 37.7 Å². The van der Waals surface area contributed by atoms with Crippen molar-refractivity contribution in [1.82, 2.24) is 4.31 Å². The number of ether oxygens (including phenoxy) is 1. The molecule has 1 atom stereocenters. The van der Waals surface area contributed by atoms with E-state index in [2.05, 4.69) is 10.3 Å². The molecule has 6 nitrogen and oxygen atoms in total. The summed E-state index contributed by atoms with van der Waals surface area (Å²) in [6, 6.07) is 6.50. The number of aromatic amines is 1. The summed E-state index contributed by atoms with van der Waals surface area (Å²) in [5.41, 5.74) is 0.572. The molecule has 26 heavy (non-hydrogen) atoms. The number of rotatable bonds is 5. The summed E-state index contributed by atoms with van der Waals surface area (Å²) in [7, 11) is -3.57. The van der Waals surface area contributed by atoms with Gasteiger partial charge in [-0.2, -0.15) is 4.31 Å². The molecule has 1 saturated heterocycles. The Hall–Kier alpha value is -2.10. The van der Waals surface area contributed by atoms with Crippen LogP contribution in [0.15, 0.2) is 41.4 Å². The van der Waals surface area contributed by atoms with Crippen molar-refractivity contribution in [1.29, 1.82) is 0 Å². The normalized spacial score (nSPS) is 17.0. The van der Waals surface area contributed by atoms with Gasteiger partial charge in [0.2, 0.25) is 10.0 Å². The van der Waals surface area contributed by atoms with E-state index in [4.69, 9.17) is 4.74 Å². The van der Waals surface area contributed by atoms with Crippen molar-refractivity contribution in [3.05, 3.63) is 53.7 Å². The molecular weight excluding hydrogens is 364 g/mol. The first-order valence-electron chi connectivity index (χ1n) is 8.19. The van der Waals surface area contributed by atoms with E-state index < -0.39 is 21.7 Å². The van der Waals surface area contributed by atoms with Crippen LogP contribution in [0, 0.1) is 11.6 Å². The smallest absolute Gasteiger partial charge is 0.272 e. The third kappa shape index (κ3) is 4.00. The highest BCUT2D eigenvalue weighted by molar-refractivity contribution is 7.89. The topological polar surface area (TPSA) is 72.8 Å². The van der Waals surface area contributed by atoms with Crippen molar-refractivity contribution < 1.29 is 26.9 Å². The summed E-state index contributed by atoms with van der Waals surface area (Å²) in [6.45, 7) is 3.21. The SMILES string of the molecule is C[C@@H](Nc1ccc(S(=O)(=O)N2CCOCC2)c[nH+]1)c1ccc(F)c(F)c1. The molecule has 0 amide bonds. The quantitative estimate of drug-likeness (QED) is 0.856. The van der Waals surface area contributed by atoms with Gasteiger partial charge in [0, 0.05) is 19.2 Å². The minimum atomic E-state index is -3.57. The fourth-order valence-corrected chi connectivity index (χ4v) is 4.07. The molecule has 0 radical (unpaired) electrons. The van der Waals surface area contributed by atoms with Crippen LogP contribution in [-0.2, 0) is 14.8 Å². The Morgan fingerprint density at radius 3 is 2.50 bits per heavy atom. The monoisotopic (exact) mass is 384 g/mol. The van der Waals surface area contributed by atoms with E-state index in [1.165, 1.54) is 22.6 Å². The highest BCUT2D eigenvalue weighted by atomic mass is 32.2. The molecule has 0 aliphatic carbocycles. The Bertz CT molecular complexity index is 869. The predicted molar refractivity (Wildman–Crippen MR) is 91.0 cm³/mol. The number of anilines is 1. The van der Waals surface area contributed by atoms with Crippen LogP contribution in [0.2, 0.25) is 0 Å². The largest absolute Gasteiger partial charge is 0.379 e. The summed E-state index contributed by atoms with van der Waals surface area (Å²) in [4.78, 5) is 3.05. The van der Waals surface area contributed by atoms with E-state index >= 15 is 0 Å². The molecule has 140 valence electrons. The second kappa shape index (κ2) is 7.65. The van der Waals surface area contributed by atoms with E-state index in [0.717, 1.165) is 12.1 Å². The van der Waals surface area contributed by atoms with Crippen LogP contribution >= 0.6 is 0 Å². The molecule has 3 rings (SSSR count). The number of hydrogen-bond acceptors (Lipinski definition) is 4. The molecule has 0 unspecified atom stereocenters. The zero-order valence-electron chi connectivity index (χ0n) is 14.2. The average Bonchev–Trinajstić information content (AvgIpc) is 2.65. The molecule has 1 aliphatic rings. The van der Waals surface area contributed by atoms with Crippen LogP contribution in [0.5, 0.6) is 0 Å². The molecule has 0 saturated carbocycles. The van der Waals surface area contributed by atoms with Crippen molar-refractivity contribution in [2.75, 3.05) is 31.6 Å². The molecule has 1 aromatic carbocycles.